The van der Waals surface area contributed by atoms with Gasteiger partial charge in [-0.15, -0.1) is 0 Å². The summed E-state index contributed by atoms with van der Waals surface area (Å²) in [5.41, 5.74) is 1.32. The Labute approximate surface area is 104 Å². The minimum Gasteiger partial charge on any atom is -1.00 e. The van der Waals surface area contributed by atoms with Crippen molar-refractivity contribution in [1.29, 1.82) is 0 Å². The quantitative estimate of drug-likeness (QED) is 0.406. The third-order valence-corrected chi connectivity index (χ3v) is 2.20. The molecule has 1 aromatic carbocycles. The number of hydrogen-bond acceptors (Lipinski definition) is 0. The Balaban J connectivity index is 0.00000169. The molecule has 1 atom stereocenters. The lowest BCUT2D eigenvalue weighted by Gasteiger charge is -2.32. The Morgan fingerprint density at radius 3 is 2.00 bits per heavy atom. The van der Waals surface area contributed by atoms with Gasteiger partial charge in [0.2, 0.25) is 0 Å². The zero-order valence-electron chi connectivity index (χ0n) is 9.07. The van der Waals surface area contributed by atoms with Gasteiger partial charge in [-0.2, -0.15) is 0 Å². The molecule has 0 aromatic heterocycles. The van der Waals surface area contributed by atoms with Gasteiger partial charge < -0.3 is 28.5 Å². The summed E-state index contributed by atoms with van der Waals surface area (Å²) in [6.07, 6.45) is 2.01. The van der Waals surface area contributed by atoms with Crippen LogP contribution in [0, 0.1) is 0 Å². The maximum atomic E-state index is 3.89. The minimum atomic E-state index is 0. The summed E-state index contributed by atoms with van der Waals surface area (Å²) in [6, 6.07) is 10.9. The fraction of sp³-hybridized carbons (Fsp3) is 0.333. The van der Waals surface area contributed by atoms with Gasteiger partial charge in [0.1, 0.15) is 6.04 Å². The van der Waals surface area contributed by atoms with Gasteiger partial charge in [0.15, 0.2) is 0 Å². The molecule has 0 aliphatic rings. The lowest BCUT2D eigenvalue weighted by atomic mass is 10.1. The fourth-order valence-corrected chi connectivity index (χ4v) is 1.55. The van der Waals surface area contributed by atoms with Crippen LogP contribution in [0.4, 0.5) is 0 Å². The molecule has 0 saturated heterocycles. The number of rotatable bonds is 3. The molecule has 0 amide bonds. The molecule has 0 bridgehead atoms. The van der Waals surface area contributed by atoms with Crippen molar-refractivity contribution in [2.75, 3.05) is 21.1 Å². The van der Waals surface area contributed by atoms with Gasteiger partial charge in [0, 0.05) is 5.56 Å². The smallest absolute Gasteiger partial charge is 0.133 e. The molecular weight excluding hydrogens is 285 g/mol. The minimum absolute atomic E-state index is 0. The van der Waals surface area contributed by atoms with Crippen LogP contribution in [0.15, 0.2) is 43.0 Å². The summed E-state index contributed by atoms with van der Waals surface area (Å²) in [6.45, 7) is 3.89. The molecule has 0 fully saturated rings. The van der Waals surface area contributed by atoms with Crippen LogP contribution in [-0.4, -0.2) is 25.6 Å². The van der Waals surface area contributed by atoms with E-state index in [0.717, 1.165) is 4.48 Å². The molecule has 0 spiro atoms. The summed E-state index contributed by atoms with van der Waals surface area (Å²) in [7, 11) is 6.54. The van der Waals surface area contributed by atoms with Crippen LogP contribution in [0.5, 0.6) is 0 Å². The second-order valence-corrected chi connectivity index (χ2v) is 4.21. The van der Waals surface area contributed by atoms with E-state index in [4.69, 9.17) is 0 Å². The van der Waals surface area contributed by atoms with Crippen LogP contribution < -0.4 is 24.0 Å². The van der Waals surface area contributed by atoms with E-state index in [1.54, 1.807) is 0 Å². The summed E-state index contributed by atoms with van der Waals surface area (Å²) < 4.78 is 0.882. The Morgan fingerprint density at radius 1 is 1.14 bits per heavy atom. The van der Waals surface area contributed by atoms with Crippen LogP contribution >= 0.6 is 0 Å². The van der Waals surface area contributed by atoms with Crippen LogP contribution in [0.2, 0.25) is 0 Å². The molecule has 2 heteroatoms. The van der Waals surface area contributed by atoms with Crippen molar-refractivity contribution in [3.8, 4) is 0 Å². The average molecular weight is 303 g/mol. The number of likely N-dealkylation sites (N-methyl/N-ethyl adjacent to an activating group) is 1. The van der Waals surface area contributed by atoms with Gasteiger partial charge in [-0.25, -0.2) is 0 Å². The predicted octanol–water partition coefficient (Wildman–Crippen LogP) is -0.376. The van der Waals surface area contributed by atoms with Crippen molar-refractivity contribution in [2.24, 2.45) is 0 Å². The molecule has 1 nitrogen and oxygen atoms in total. The van der Waals surface area contributed by atoms with E-state index in [9.17, 15) is 0 Å². The van der Waals surface area contributed by atoms with E-state index in [1.165, 1.54) is 5.56 Å². The average Bonchev–Trinajstić information content (AvgIpc) is 2.05. The number of hydrogen-bond donors (Lipinski definition) is 0. The molecule has 1 unspecified atom stereocenters. The molecule has 0 saturated carbocycles. The summed E-state index contributed by atoms with van der Waals surface area (Å²) in [5, 5.41) is 0. The number of benzene rings is 1. The lowest BCUT2D eigenvalue weighted by Crippen LogP contribution is -3.00. The molecule has 78 valence electrons. The number of quaternary nitrogens is 1. The van der Waals surface area contributed by atoms with Gasteiger partial charge >= 0.3 is 0 Å². The van der Waals surface area contributed by atoms with Crippen molar-refractivity contribution in [3.05, 3.63) is 48.6 Å². The molecule has 0 N–H and O–H groups in total. The highest BCUT2D eigenvalue weighted by molar-refractivity contribution is 5.20. The standard InChI is InChI=1S/C12H18N.HI/c1-5-12(13(2,3)4)11-9-7-6-8-10-11;/h5-10,12H,1H2,2-4H3;1H/q+1;/p-1. The summed E-state index contributed by atoms with van der Waals surface area (Å²) in [5.74, 6) is 0. The Kier molecular flexibility index (Phi) is 5.37. The van der Waals surface area contributed by atoms with Crippen molar-refractivity contribution >= 4 is 0 Å². The molecule has 1 rings (SSSR count). The fourth-order valence-electron chi connectivity index (χ4n) is 1.55. The first-order valence-corrected chi connectivity index (χ1v) is 4.54. The maximum absolute atomic E-state index is 3.89. The van der Waals surface area contributed by atoms with Crippen LogP contribution in [-0.2, 0) is 0 Å². The first kappa shape index (κ1) is 13.7. The summed E-state index contributed by atoms with van der Waals surface area (Å²) in [4.78, 5) is 0. The predicted molar refractivity (Wildman–Crippen MR) is 57.4 cm³/mol. The van der Waals surface area contributed by atoms with Gasteiger partial charge in [-0.05, 0) is 6.08 Å². The second kappa shape index (κ2) is 5.51. The summed E-state index contributed by atoms with van der Waals surface area (Å²) >= 11 is 0. The zero-order valence-corrected chi connectivity index (χ0v) is 11.2. The van der Waals surface area contributed by atoms with E-state index >= 15 is 0 Å². The normalized spacial score (nSPS) is 12.8. The van der Waals surface area contributed by atoms with Crippen LogP contribution in [0.3, 0.4) is 0 Å². The van der Waals surface area contributed by atoms with Gasteiger partial charge in [0.25, 0.3) is 0 Å². The van der Waals surface area contributed by atoms with E-state index < -0.39 is 0 Å². The monoisotopic (exact) mass is 303 g/mol. The number of nitrogens with zero attached hydrogens (tertiary/aromatic N) is 1. The number of halogens is 1. The van der Waals surface area contributed by atoms with Gasteiger partial charge in [0.05, 0.1) is 21.1 Å². The second-order valence-electron chi connectivity index (χ2n) is 4.21. The van der Waals surface area contributed by atoms with Crippen molar-refractivity contribution in [2.45, 2.75) is 6.04 Å². The topological polar surface area (TPSA) is 0 Å². The van der Waals surface area contributed by atoms with Crippen LogP contribution in [0.25, 0.3) is 0 Å². The first-order valence-electron chi connectivity index (χ1n) is 4.54. The van der Waals surface area contributed by atoms with Gasteiger partial charge in [-0.1, -0.05) is 36.9 Å². The van der Waals surface area contributed by atoms with Crippen LogP contribution in [0.1, 0.15) is 11.6 Å². The molecule has 0 heterocycles. The highest BCUT2D eigenvalue weighted by atomic mass is 127. The highest BCUT2D eigenvalue weighted by Gasteiger charge is 2.21. The molecule has 0 aliphatic carbocycles. The van der Waals surface area contributed by atoms with Crippen molar-refractivity contribution in [1.82, 2.24) is 0 Å². The Hall–Kier alpha value is -0.350. The van der Waals surface area contributed by atoms with E-state index in [1.807, 2.05) is 12.1 Å². The molecule has 0 aliphatic heterocycles. The maximum Gasteiger partial charge on any atom is 0.133 e. The Morgan fingerprint density at radius 2 is 1.64 bits per heavy atom. The third kappa shape index (κ3) is 3.42. The molecule has 1 aromatic rings. The van der Waals surface area contributed by atoms with Crippen molar-refractivity contribution in [3.63, 3.8) is 0 Å². The molecule has 0 radical (unpaired) electrons. The van der Waals surface area contributed by atoms with E-state index in [0.29, 0.717) is 6.04 Å². The van der Waals surface area contributed by atoms with Gasteiger partial charge in [-0.3, -0.25) is 0 Å². The zero-order chi connectivity index (χ0) is 9.90. The lowest BCUT2D eigenvalue weighted by molar-refractivity contribution is -0.895. The highest BCUT2D eigenvalue weighted by Crippen LogP contribution is 2.23. The van der Waals surface area contributed by atoms with E-state index in [-0.39, 0.29) is 24.0 Å². The Bertz CT molecular complexity index is 274. The SMILES string of the molecule is C=CC(c1ccccc1)[N+](C)(C)C.[I-]. The van der Waals surface area contributed by atoms with Crippen molar-refractivity contribution < 1.29 is 28.5 Å². The third-order valence-electron chi connectivity index (χ3n) is 2.20. The van der Waals surface area contributed by atoms with E-state index in [2.05, 4.69) is 52.0 Å². The first-order chi connectivity index (χ1) is 6.05. The largest absolute Gasteiger partial charge is 1.00 e. The molecule has 14 heavy (non-hydrogen) atoms. The molecular formula is C12H18IN.